The van der Waals surface area contributed by atoms with Crippen LogP contribution < -0.4 is 4.74 Å². The van der Waals surface area contributed by atoms with Gasteiger partial charge >= 0.3 is 0 Å². The third-order valence-corrected chi connectivity index (χ3v) is 3.84. The van der Waals surface area contributed by atoms with Gasteiger partial charge in [0.05, 0.1) is 6.61 Å². The molecule has 0 aliphatic heterocycles. The van der Waals surface area contributed by atoms with Gasteiger partial charge in [0.15, 0.2) is 0 Å². The maximum absolute atomic E-state index is 5.88. The van der Waals surface area contributed by atoms with Gasteiger partial charge in [0.2, 0.25) is 0 Å². The molecule has 0 amide bonds. The normalized spacial score (nSPS) is 10.8. The van der Waals surface area contributed by atoms with E-state index in [-0.39, 0.29) is 0 Å². The average Bonchev–Trinajstić information content (AvgIpc) is 2.48. The number of rotatable bonds is 12. The maximum Gasteiger partial charge on any atom is 0.122 e. The first-order valence-corrected chi connectivity index (χ1v) is 8.43. The summed E-state index contributed by atoms with van der Waals surface area (Å²) < 4.78 is 10.9. The highest BCUT2D eigenvalue weighted by Crippen LogP contribution is 2.19. The Balaban J connectivity index is 1.94. The van der Waals surface area contributed by atoms with Crippen LogP contribution in [0.5, 0.6) is 5.75 Å². The van der Waals surface area contributed by atoms with E-state index in [1.807, 2.05) is 0 Å². The molecule has 1 aromatic rings. The molecule has 0 N–H and O–H groups in total. The van der Waals surface area contributed by atoms with Crippen LogP contribution in [0.1, 0.15) is 62.5 Å². The maximum atomic E-state index is 5.88. The zero-order valence-electron chi connectivity index (χ0n) is 14.1. The number of ether oxygens (including phenoxy) is 2. The molecule has 120 valence electrons. The highest BCUT2D eigenvalue weighted by Gasteiger charge is 1.99. The van der Waals surface area contributed by atoms with E-state index >= 15 is 0 Å². The summed E-state index contributed by atoms with van der Waals surface area (Å²) >= 11 is 0. The second-order valence-corrected chi connectivity index (χ2v) is 5.94. The Hall–Kier alpha value is -1.02. The van der Waals surface area contributed by atoms with Gasteiger partial charge in [-0.2, -0.15) is 0 Å². The summed E-state index contributed by atoms with van der Waals surface area (Å²) in [7, 11) is 1.78. The van der Waals surface area contributed by atoms with E-state index in [4.69, 9.17) is 9.47 Å². The Kier molecular flexibility index (Phi) is 9.98. The summed E-state index contributed by atoms with van der Waals surface area (Å²) in [4.78, 5) is 0. The van der Waals surface area contributed by atoms with Crippen molar-refractivity contribution in [3.8, 4) is 5.75 Å². The van der Waals surface area contributed by atoms with Crippen molar-refractivity contribution in [3.05, 3.63) is 29.3 Å². The molecule has 0 spiro atoms. The number of hydrogen-bond acceptors (Lipinski definition) is 2. The molecule has 21 heavy (non-hydrogen) atoms. The number of methoxy groups -OCH3 is 1. The van der Waals surface area contributed by atoms with Crippen molar-refractivity contribution in [1.82, 2.24) is 0 Å². The van der Waals surface area contributed by atoms with Gasteiger partial charge in [-0.3, -0.25) is 0 Å². The minimum absolute atomic E-state index is 0.845. The smallest absolute Gasteiger partial charge is 0.122 e. The Morgan fingerprint density at radius 2 is 1.33 bits per heavy atom. The molecular weight excluding hydrogens is 260 g/mol. The zero-order chi connectivity index (χ0) is 15.3. The SMILES string of the molecule is COCCCCCCCCCCOc1cc(C)ccc1C. The van der Waals surface area contributed by atoms with Gasteiger partial charge in [-0.15, -0.1) is 0 Å². The van der Waals surface area contributed by atoms with E-state index in [0.717, 1.165) is 25.4 Å². The number of hydrogen-bond donors (Lipinski definition) is 0. The molecule has 0 saturated heterocycles. The van der Waals surface area contributed by atoms with Gasteiger partial charge in [0.1, 0.15) is 5.75 Å². The van der Waals surface area contributed by atoms with Crippen LogP contribution in [0.2, 0.25) is 0 Å². The van der Waals surface area contributed by atoms with Crippen molar-refractivity contribution in [2.24, 2.45) is 0 Å². The molecule has 0 heterocycles. The quantitative estimate of drug-likeness (QED) is 0.477. The lowest BCUT2D eigenvalue weighted by Crippen LogP contribution is -1.99. The van der Waals surface area contributed by atoms with Crippen LogP contribution in [0.3, 0.4) is 0 Å². The lowest BCUT2D eigenvalue weighted by atomic mass is 10.1. The highest BCUT2D eigenvalue weighted by molar-refractivity contribution is 5.35. The van der Waals surface area contributed by atoms with Gasteiger partial charge in [-0.1, -0.05) is 50.7 Å². The molecule has 0 saturated carbocycles. The number of benzene rings is 1. The predicted octanol–water partition coefficient (Wildman–Crippen LogP) is 5.45. The molecule has 2 nitrogen and oxygen atoms in total. The fraction of sp³-hybridized carbons (Fsp3) is 0.684. The van der Waals surface area contributed by atoms with E-state index in [2.05, 4.69) is 32.0 Å². The molecule has 0 fully saturated rings. The van der Waals surface area contributed by atoms with E-state index < -0.39 is 0 Å². The van der Waals surface area contributed by atoms with Crippen molar-refractivity contribution in [2.45, 2.75) is 65.2 Å². The first-order chi connectivity index (χ1) is 10.2. The topological polar surface area (TPSA) is 18.5 Å². The fourth-order valence-electron chi connectivity index (χ4n) is 2.45. The third-order valence-electron chi connectivity index (χ3n) is 3.84. The Morgan fingerprint density at radius 1 is 0.762 bits per heavy atom. The summed E-state index contributed by atoms with van der Waals surface area (Å²) in [6.07, 6.45) is 10.4. The number of unbranched alkanes of at least 4 members (excludes halogenated alkanes) is 7. The predicted molar refractivity (Wildman–Crippen MR) is 90.2 cm³/mol. The minimum Gasteiger partial charge on any atom is -0.493 e. The van der Waals surface area contributed by atoms with Crippen LogP contribution in [-0.2, 0) is 4.74 Å². The summed E-state index contributed by atoms with van der Waals surface area (Å²) in [5.74, 6) is 1.05. The summed E-state index contributed by atoms with van der Waals surface area (Å²) in [5, 5.41) is 0. The van der Waals surface area contributed by atoms with Crippen LogP contribution in [0.15, 0.2) is 18.2 Å². The fourth-order valence-corrected chi connectivity index (χ4v) is 2.45. The first kappa shape index (κ1) is 18.0. The van der Waals surface area contributed by atoms with Crippen molar-refractivity contribution < 1.29 is 9.47 Å². The summed E-state index contributed by atoms with van der Waals surface area (Å²) in [6.45, 7) is 5.98. The second-order valence-electron chi connectivity index (χ2n) is 5.94. The van der Waals surface area contributed by atoms with Crippen molar-refractivity contribution >= 4 is 0 Å². The molecule has 0 aromatic heterocycles. The van der Waals surface area contributed by atoms with E-state index in [1.165, 1.54) is 56.1 Å². The first-order valence-electron chi connectivity index (χ1n) is 8.43. The lowest BCUT2D eigenvalue weighted by Gasteiger charge is -2.09. The Morgan fingerprint density at radius 3 is 1.95 bits per heavy atom. The van der Waals surface area contributed by atoms with E-state index in [9.17, 15) is 0 Å². The molecule has 0 atom stereocenters. The molecule has 1 rings (SSSR count). The van der Waals surface area contributed by atoms with Crippen LogP contribution in [0.25, 0.3) is 0 Å². The van der Waals surface area contributed by atoms with Gasteiger partial charge in [-0.25, -0.2) is 0 Å². The second kappa shape index (κ2) is 11.6. The Labute approximate surface area is 130 Å². The molecule has 2 heteroatoms. The monoisotopic (exact) mass is 292 g/mol. The van der Waals surface area contributed by atoms with Gasteiger partial charge in [0.25, 0.3) is 0 Å². The average molecular weight is 292 g/mol. The van der Waals surface area contributed by atoms with Gasteiger partial charge < -0.3 is 9.47 Å². The number of aryl methyl sites for hydroxylation is 2. The Bertz CT molecular complexity index is 374. The molecule has 0 radical (unpaired) electrons. The minimum atomic E-state index is 0.845. The standard InChI is InChI=1S/C19H32O2/c1-17-12-13-18(2)19(16-17)21-15-11-9-7-5-4-6-8-10-14-20-3/h12-13,16H,4-11,14-15H2,1-3H3. The third kappa shape index (κ3) is 8.77. The molecule has 1 aromatic carbocycles. The molecule has 0 unspecified atom stereocenters. The van der Waals surface area contributed by atoms with Crippen LogP contribution in [0.4, 0.5) is 0 Å². The zero-order valence-corrected chi connectivity index (χ0v) is 14.1. The molecular formula is C19H32O2. The molecule has 0 bridgehead atoms. The molecule has 0 aliphatic rings. The van der Waals surface area contributed by atoms with Crippen LogP contribution in [0, 0.1) is 13.8 Å². The van der Waals surface area contributed by atoms with E-state index in [1.54, 1.807) is 7.11 Å². The van der Waals surface area contributed by atoms with E-state index in [0.29, 0.717) is 0 Å². The van der Waals surface area contributed by atoms with Crippen molar-refractivity contribution in [3.63, 3.8) is 0 Å². The van der Waals surface area contributed by atoms with Gasteiger partial charge in [0, 0.05) is 13.7 Å². The summed E-state index contributed by atoms with van der Waals surface area (Å²) in [6, 6.07) is 6.40. The van der Waals surface area contributed by atoms with Crippen LogP contribution in [-0.4, -0.2) is 20.3 Å². The summed E-state index contributed by atoms with van der Waals surface area (Å²) in [5.41, 5.74) is 2.50. The highest BCUT2D eigenvalue weighted by atomic mass is 16.5. The van der Waals surface area contributed by atoms with Gasteiger partial charge in [-0.05, 0) is 43.9 Å². The van der Waals surface area contributed by atoms with Crippen molar-refractivity contribution in [1.29, 1.82) is 0 Å². The van der Waals surface area contributed by atoms with Crippen LogP contribution >= 0.6 is 0 Å². The lowest BCUT2D eigenvalue weighted by molar-refractivity contribution is 0.192. The largest absolute Gasteiger partial charge is 0.493 e. The molecule has 0 aliphatic carbocycles. The van der Waals surface area contributed by atoms with Crippen molar-refractivity contribution in [2.75, 3.05) is 20.3 Å².